The first-order valence-corrected chi connectivity index (χ1v) is 40.2. The number of amides is 2. The Hall–Kier alpha value is -8.53. The molecule has 0 aromatic heterocycles. The van der Waals surface area contributed by atoms with E-state index in [0.29, 0.717) is 12.1 Å². The Kier molecular flexibility index (Phi) is 26.4. The van der Waals surface area contributed by atoms with E-state index in [-0.39, 0.29) is 130 Å². The molecule has 0 radical (unpaired) electrons. The van der Waals surface area contributed by atoms with Gasteiger partial charge in [-0.3, -0.25) is 36.4 Å². The van der Waals surface area contributed by atoms with Crippen LogP contribution in [0.3, 0.4) is 0 Å². The van der Waals surface area contributed by atoms with Gasteiger partial charge < -0.3 is 29.6 Å². The lowest BCUT2D eigenvalue weighted by Crippen LogP contribution is -2.21. The highest BCUT2D eigenvalue weighted by molar-refractivity contribution is 7.88. The molecule has 6 aromatic rings. The molecule has 100 heavy (non-hydrogen) atoms. The Morgan fingerprint density at radius 3 is 0.840 bits per heavy atom. The maximum Gasteiger partial charge on any atom is 0.323 e. The summed E-state index contributed by atoms with van der Waals surface area (Å²) in [5.41, 5.74) is -0.704. The largest absolute Gasteiger partial charge is 0.491 e. The van der Waals surface area contributed by atoms with Crippen molar-refractivity contribution >= 4 is 144 Å². The minimum absolute atomic E-state index is 0.00931. The van der Waals surface area contributed by atoms with Crippen molar-refractivity contribution < 1.29 is 128 Å². The molecule has 47 heteroatoms. The van der Waals surface area contributed by atoms with Gasteiger partial charge in [-0.2, -0.15) is 87.8 Å². The van der Waals surface area contributed by atoms with E-state index in [1.54, 1.807) is 0 Å². The summed E-state index contributed by atoms with van der Waals surface area (Å²) in [6.45, 7) is 4.36. The van der Waals surface area contributed by atoms with E-state index in [9.17, 15) is 109 Å². The van der Waals surface area contributed by atoms with Gasteiger partial charge in [-0.25, -0.2) is 4.79 Å². The van der Waals surface area contributed by atoms with E-state index in [1.807, 2.05) is 0 Å². The average molecular weight is 1560 g/mol. The molecule has 10 N–H and O–H groups in total. The second kappa shape index (κ2) is 32.9. The van der Waals surface area contributed by atoms with Gasteiger partial charge in [-0.05, 0) is 136 Å². The number of benzene rings is 6. The van der Waals surface area contributed by atoms with Gasteiger partial charge in [0.2, 0.25) is 0 Å². The van der Waals surface area contributed by atoms with Gasteiger partial charge in [-0.15, -0.1) is 20.5 Å². The van der Waals surface area contributed by atoms with Crippen molar-refractivity contribution in [2.75, 3.05) is 60.1 Å². The molecule has 6 rings (SSSR count). The van der Waals surface area contributed by atoms with Gasteiger partial charge in [0, 0.05) is 24.3 Å². The molecular formula is C53H60N10O29S8. The Bertz CT molecular complexity index is 4910. The van der Waals surface area contributed by atoms with E-state index in [0.717, 1.165) is 24.3 Å². The van der Waals surface area contributed by atoms with E-state index < -0.39 is 154 Å². The van der Waals surface area contributed by atoms with Crippen LogP contribution in [0.2, 0.25) is 0 Å². The zero-order chi connectivity index (χ0) is 74.6. The van der Waals surface area contributed by atoms with Crippen molar-refractivity contribution in [3.8, 4) is 23.0 Å². The Labute approximate surface area is 571 Å². The minimum Gasteiger partial charge on any atom is -0.491 e. The third-order valence-electron chi connectivity index (χ3n) is 12.9. The number of ether oxygens (including phenoxy) is 4. The maximum absolute atomic E-state index is 14.1. The predicted molar refractivity (Wildman–Crippen MR) is 352 cm³/mol. The molecule has 39 nitrogen and oxygen atoms in total. The van der Waals surface area contributed by atoms with Crippen LogP contribution in [0.15, 0.2) is 145 Å². The first-order valence-electron chi connectivity index (χ1n) is 28.0. The fraction of sp³-hybridized carbons (Fsp3) is 0.302. The van der Waals surface area contributed by atoms with Crippen LogP contribution in [0.5, 0.6) is 23.0 Å². The van der Waals surface area contributed by atoms with Crippen molar-refractivity contribution in [1.29, 1.82) is 0 Å². The van der Waals surface area contributed by atoms with Crippen LogP contribution in [0.4, 0.5) is 61.7 Å². The monoisotopic (exact) mass is 1560 g/mol. The van der Waals surface area contributed by atoms with Crippen LogP contribution in [0.1, 0.15) is 47.9 Å². The number of hydrogen-bond acceptors (Lipinski definition) is 29. The molecular weight excluding hydrogens is 1500 g/mol. The number of azo groups is 4. The van der Waals surface area contributed by atoms with Crippen molar-refractivity contribution in [3.63, 3.8) is 0 Å². The fourth-order valence-electron chi connectivity index (χ4n) is 8.22. The fourth-order valence-corrected chi connectivity index (χ4v) is 12.6. The van der Waals surface area contributed by atoms with Crippen molar-refractivity contribution in [3.05, 3.63) is 107 Å². The van der Waals surface area contributed by atoms with Crippen molar-refractivity contribution in [1.82, 2.24) is 0 Å². The normalized spacial score (nSPS) is 13.0. The van der Waals surface area contributed by atoms with E-state index in [2.05, 4.69) is 51.5 Å². The molecule has 0 saturated carbocycles. The number of aryl methyl sites for hydroxylation is 4. The van der Waals surface area contributed by atoms with Crippen molar-refractivity contribution in [2.24, 2.45) is 40.9 Å². The van der Waals surface area contributed by atoms with E-state index in [1.165, 1.54) is 76.2 Å². The van der Waals surface area contributed by atoms with Crippen LogP contribution >= 0.6 is 0 Å². The second-order valence-corrected chi connectivity index (χ2v) is 32.9. The molecule has 0 aliphatic heterocycles. The van der Waals surface area contributed by atoms with Gasteiger partial charge in [0.1, 0.15) is 55.5 Å². The Balaban J connectivity index is 1.36. The number of rotatable bonds is 34. The lowest BCUT2D eigenvalue weighted by molar-refractivity contribution is 0.261. The number of carbonyl (C=O) groups is 1. The van der Waals surface area contributed by atoms with Gasteiger partial charge in [-0.1, -0.05) is 0 Å². The minimum atomic E-state index is -5.18. The highest BCUT2D eigenvalue weighted by Gasteiger charge is 2.25. The van der Waals surface area contributed by atoms with Gasteiger partial charge in [0.15, 0.2) is 0 Å². The van der Waals surface area contributed by atoms with Crippen LogP contribution in [-0.2, 0) is 80.9 Å². The summed E-state index contributed by atoms with van der Waals surface area (Å²) in [6, 6.07) is 13.3. The third-order valence-corrected chi connectivity index (χ3v) is 19.6. The molecule has 0 aliphatic carbocycles. The maximum atomic E-state index is 14.1. The van der Waals surface area contributed by atoms with Gasteiger partial charge in [0.05, 0.1) is 93.4 Å². The number of nitrogens with zero attached hydrogens (tertiary/aromatic N) is 8. The predicted octanol–water partition coefficient (Wildman–Crippen LogP) is 9.84. The number of urea groups is 1. The molecule has 0 unspecified atom stereocenters. The summed E-state index contributed by atoms with van der Waals surface area (Å²) in [5.74, 6) is -3.73. The van der Waals surface area contributed by atoms with Crippen molar-refractivity contribution in [2.45, 2.75) is 73.0 Å². The first-order chi connectivity index (χ1) is 46.1. The molecule has 0 saturated heterocycles. The van der Waals surface area contributed by atoms with Crippen LogP contribution < -0.4 is 29.6 Å². The Morgan fingerprint density at radius 2 is 0.570 bits per heavy atom. The lowest BCUT2D eigenvalue weighted by atomic mass is 10.1. The summed E-state index contributed by atoms with van der Waals surface area (Å²) in [7, 11) is -38.2. The molecule has 0 fully saturated rings. The highest BCUT2D eigenvalue weighted by Crippen LogP contribution is 2.43. The van der Waals surface area contributed by atoms with Crippen LogP contribution in [-0.4, -0.2) is 159 Å². The molecule has 0 aliphatic rings. The summed E-state index contributed by atoms with van der Waals surface area (Å²) in [5, 5.41) is 38.0. The van der Waals surface area contributed by atoms with Crippen LogP contribution in [0.25, 0.3) is 0 Å². The summed E-state index contributed by atoms with van der Waals surface area (Å²) in [4.78, 5) is 10.2. The molecule has 0 spiro atoms. The summed E-state index contributed by atoms with van der Waals surface area (Å²) in [6.07, 6.45) is -1.14. The smallest absolute Gasteiger partial charge is 0.323 e. The standard InChI is InChI=1S/C53H60N10O29S8/c1-31-21-43(47(89-13-5-17-93(65,66)67)27-39(31)60-62-45-23-33(3)41(29-49(45)91-15-7-19-95(71,72)73)58-56-37-11-9-35(97(77,78)79)25-51(37)99(83,84)85)54-53(64)55-44-22-32(2)40(28-48(44)90-14-6-18-94(68,69)70)61-63-46-24-34(4)42(30-50(46)92-16-8-20-96(74,75)76)59-57-38-12-10-36(98(80,81)82)26-52(38)100(86,87)88/h9-12,21-30H,5-8,13-20H2,1-4H3,(H2,54,55,64)(H,65,66,67)(H,68,69,70)(H,71,72,73)(H,74,75,76)(H,77,78,79)(H,80,81,82)(H,83,84,85)(H,86,87,88). The molecule has 0 bridgehead atoms. The Morgan fingerprint density at radius 1 is 0.320 bits per heavy atom. The average Bonchev–Trinajstić information content (AvgIpc) is 0.693. The zero-order valence-electron chi connectivity index (χ0n) is 52.1. The quantitative estimate of drug-likeness (QED) is 0.0102. The van der Waals surface area contributed by atoms with Gasteiger partial charge in [0.25, 0.3) is 80.9 Å². The molecule has 0 heterocycles. The van der Waals surface area contributed by atoms with Crippen LogP contribution in [0, 0.1) is 27.7 Å². The molecule has 0 atom stereocenters. The topological polar surface area (TPSA) is 612 Å². The molecule has 2 amide bonds. The zero-order valence-corrected chi connectivity index (χ0v) is 58.6. The van der Waals surface area contributed by atoms with E-state index >= 15 is 0 Å². The molecule has 544 valence electrons. The van der Waals surface area contributed by atoms with E-state index in [4.69, 9.17) is 18.9 Å². The van der Waals surface area contributed by atoms with Gasteiger partial charge >= 0.3 is 6.03 Å². The summed E-state index contributed by atoms with van der Waals surface area (Å²) >= 11 is 0. The summed E-state index contributed by atoms with van der Waals surface area (Å²) < 4.78 is 288. The number of nitrogens with one attached hydrogen (secondary N) is 2. The number of anilines is 2. The lowest BCUT2D eigenvalue weighted by Gasteiger charge is -2.17. The number of hydrogen-bond donors (Lipinski definition) is 10. The SMILES string of the molecule is Cc1cc(NC(=O)Nc2cc(C)c(N=Nc3cc(C)c(N=Nc4ccc(S(=O)(=O)O)cc4S(=O)(=O)O)cc3OCCCS(=O)(=O)O)cc2OCCCS(=O)(=O)O)c(OCCCS(=O)(=O)O)cc1N=Nc1cc(C)c(N=Nc2ccc(S(=O)(=O)O)cc2S(=O)(=O)O)cc1OCCCS(=O)(=O)O. The number of carbonyl (C=O) groups excluding carboxylic acids is 1. The second-order valence-electron chi connectivity index (χ2n) is 21.0. The first kappa shape index (κ1) is 80.4. The third kappa shape index (κ3) is 25.6. The molecule has 6 aromatic carbocycles. The highest BCUT2D eigenvalue weighted by atomic mass is 32.2.